The minimum atomic E-state index is -4.51. The van der Waals surface area contributed by atoms with Gasteiger partial charge >= 0.3 is 6.18 Å². The van der Waals surface area contributed by atoms with Gasteiger partial charge in [0.2, 0.25) is 17.6 Å². The van der Waals surface area contributed by atoms with Crippen LogP contribution in [-0.4, -0.2) is 44.2 Å². The number of anilines is 2. The molecule has 224 valence electrons. The Kier molecular flexibility index (Phi) is 8.44. The number of hydrogen-bond donors (Lipinski definition) is 2. The summed E-state index contributed by atoms with van der Waals surface area (Å²) < 4.78 is 47.2. The molecular formula is C30H29F3N6O4. The van der Waals surface area contributed by atoms with Gasteiger partial charge in [0.25, 0.3) is 5.56 Å². The molecule has 0 aliphatic carbocycles. The molecule has 1 fully saturated rings. The predicted octanol–water partition coefficient (Wildman–Crippen LogP) is 4.80. The van der Waals surface area contributed by atoms with Crippen LogP contribution in [0.15, 0.2) is 66.0 Å². The van der Waals surface area contributed by atoms with Gasteiger partial charge in [0, 0.05) is 41.8 Å². The average molecular weight is 595 g/mol. The zero-order chi connectivity index (χ0) is 30.7. The van der Waals surface area contributed by atoms with E-state index in [1.807, 2.05) is 6.92 Å². The van der Waals surface area contributed by atoms with Gasteiger partial charge in [0.1, 0.15) is 6.54 Å². The number of para-hydroxylation sites is 1. The van der Waals surface area contributed by atoms with Crippen LogP contribution < -0.4 is 16.2 Å². The Hall–Kier alpha value is -4.78. The maximum absolute atomic E-state index is 14.1. The fourth-order valence-electron chi connectivity index (χ4n) is 5.13. The van der Waals surface area contributed by atoms with E-state index in [0.717, 1.165) is 22.7 Å². The molecule has 4 aromatic rings. The molecule has 0 unspecified atom stereocenters. The van der Waals surface area contributed by atoms with E-state index in [4.69, 9.17) is 9.72 Å². The second-order valence-corrected chi connectivity index (χ2v) is 10.00. The molecule has 1 aliphatic rings. The molecule has 43 heavy (non-hydrogen) atoms. The van der Waals surface area contributed by atoms with Crippen molar-refractivity contribution in [2.75, 3.05) is 23.8 Å². The quantitative estimate of drug-likeness (QED) is 0.283. The third-order valence-corrected chi connectivity index (χ3v) is 7.23. The maximum atomic E-state index is 14.1. The maximum Gasteiger partial charge on any atom is 0.416 e. The zero-order valence-corrected chi connectivity index (χ0v) is 23.3. The van der Waals surface area contributed by atoms with Crippen molar-refractivity contribution in [3.8, 4) is 11.1 Å². The minimum absolute atomic E-state index is 0.0461. The Morgan fingerprint density at radius 3 is 2.44 bits per heavy atom. The number of nitrogens with zero attached hydrogens (tertiary/aromatic N) is 4. The van der Waals surface area contributed by atoms with Crippen molar-refractivity contribution in [2.45, 2.75) is 44.8 Å². The van der Waals surface area contributed by atoms with Gasteiger partial charge in [0.15, 0.2) is 5.82 Å². The van der Waals surface area contributed by atoms with Crippen molar-refractivity contribution >= 4 is 29.0 Å². The van der Waals surface area contributed by atoms with Crippen molar-refractivity contribution < 1.29 is 27.5 Å². The van der Waals surface area contributed by atoms with Gasteiger partial charge in [-0.05, 0) is 55.7 Å². The molecule has 2 N–H and O–H groups in total. The highest BCUT2D eigenvalue weighted by Crippen LogP contribution is 2.32. The summed E-state index contributed by atoms with van der Waals surface area (Å²) in [5.74, 6) is -0.456. The molecular weight excluding hydrogens is 565 g/mol. The van der Waals surface area contributed by atoms with Crippen LogP contribution in [0.1, 0.15) is 42.8 Å². The summed E-state index contributed by atoms with van der Waals surface area (Å²) in [5, 5.41) is 9.92. The first-order valence-electron chi connectivity index (χ1n) is 13.7. The molecule has 10 nitrogen and oxygen atoms in total. The van der Waals surface area contributed by atoms with Crippen molar-refractivity contribution in [3.05, 3.63) is 88.6 Å². The van der Waals surface area contributed by atoms with Gasteiger partial charge in [-0.15, -0.1) is 5.10 Å². The highest BCUT2D eigenvalue weighted by Gasteiger charge is 2.30. The standard InChI is InChI=1S/C30H29F3N6O4/c1-3-23-26(21-7-5-6-8-22(21)35-24(40)4-2)28(42)39-29(36-27(37-39)18-13-15-43-16-14-18)38(23)17-25(41)34-20-11-9-19(10-12-20)30(31,32)33/h4-12,18H,2-3,13-17H2,1H3,(H,34,41)(H,35,40). The fraction of sp³-hybridized carbons (Fsp3) is 0.300. The lowest BCUT2D eigenvalue weighted by Crippen LogP contribution is -2.29. The van der Waals surface area contributed by atoms with Crippen LogP contribution in [0, 0.1) is 0 Å². The zero-order valence-electron chi connectivity index (χ0n) is 23.3. The van der Waals surface area contributed by atoms with Gasteiger partial charge in [-0.1, -0.05) is 31.7 Å². The molecule has 0 atom stereocenters. The van der Waals surface area contributed by atoms with Crippen LogP contribution in [0.3, 0.4) is 0 Å². The van der Waals surface area contributed by atoms with E-state index in [1.54, 1.807) is 28.8 Å². The number of ether oxygens (including phenoxy) is 1. The highest BCUT2D eigenvalue weighted by atomic mass is 19.4. The number of rotatable bonds is 8. The van der Waals surface area contributed by atoms with E-state index in [-0.39, 0.29) is 29.5 Å². The number of amides is 2. The molecule has 0 saturated carbocycles. The summed E-state index contributed by atoms with van der Waals surface area (Å²) in [6, 6.07) is 10.9. The fourth-order valence-corrected chi connectivity index (χ4v) is 5.13. The third kappa shape index (κ3) is 6.21. The number of fused-ring (bicyclic) bond motifs is 1. The average Bonchev–Trinajstić information content (AvgIpc) is 3.45. The molecule has 0 radical (unpaired) electrons. The van der Waals surface area contributed by atoms with Gasteiger partial charge in [-0.3, -0.25) is 14.4 Å². The molecule has 13 heteroatoms. The summed E-state index contributed by atoms with van der Waals surface area (Å²) in [6.45, 7) is 6.05. The van der Waals surface area contributed by atoms with Crippen LogP contribution in [-0.2, 0) is 33.5 Å². The number of hydrogen-bond acceptors (Lipinski definition) is 6. The summed E-state index contributed by atoms with van der Waals surface area (Å²) in [5.41, 5.74) is 0.335. The SMILES string of the molecule is C=CC(=O)Nc1ccccc1-c1c(CC)n(CC(=O)Nc2ccc(C(F)(F)F)cc2)c2nc(C3CCOCC3)nn2c1=O. The summed E-state index contributed by atoms with van der Waals surface area (Å²) in [6.07, 6.45) is -1.75. The number of carbonyl (C=O) groups is 2. The van der Waals surface area contributed by atoms with Gasteiger partial charge in [-0.2, -0.15) is 22.7 Å². The van der Waals surface area contributed by atoms with Gasteiger partial charge in [0.05, 0.1) is 11.1 Å². The lowest BCUT2D eigenvalue weighted by Gasteiger charge is -2.19. The topological polar surface area (TPSA) is 120 Å². The first kappa shape index (κ1) is 29.7. The largest absolute Gasteiger partial charge is 0.416 e. The van der Waals surface area contributed by atoms with Crippen LogP contribution in [0.25, 0.3) is 16.9 Å². The number of carbonyl (C=O) groups excluding carboxylic acids is 2. The van der Waals surface area contributed by atoms with E-state index < -0.39 is 29.1 Å². The van der Waals surface area contributed by atoms with Crippen molar-refractivity contribution in [1.82, 2.24) is 19.2 Å². The van der Waals surface area contributed by atoms with E-state index in [1.165, 1.54) is 12.1 Å². The molecule has 1 aliphatic heterocycles. The number of aromatic nitrogens is 4. The number of nitrogens with one attached hydrogen (secondary N) is 2. The second kappa shape index (κ2) is 12.2. The smallest absolute Gasteiger partial charge is 0.381 e. The van der Waals surface area contributed by atoms with E-state index >= 15 is 0 Å². The lowest BCUT2D eigenvalue weighted by molar-refractivity contribution is -0.137. The summed E-state index contributed by atoms with van der Waals surface area (Å²) >= 11 is 0. The first-order valence-corrected chi connectivity index (χ1v) is 13.7. The Bertz CT molecular complexity index is 1740. The van der Waals surface area contributed by atoms with E-state index in [0.29, 0.717) is 55.2 Å². The Morgan fingerprint density at radius 1 is 1.09 bits per heavy atom. The van der Waals surface area contributed by atoms with E-state index in [2.05, 4.69) is 22.3 Å². The van der Waals surface area contributed by atoms with E-state index in [9.17, 15) is 27.6 Å². The molecule has 0 spiro atoms. The normalized spacial score (nSPS) is 14.0. The lowest BCUT2D eigenvalue weighted by atomic mass is 10.00. The van der Waals surface area contributed by atoms with Crippen LogP contribution in [0.5, 0.6) is 0 Å². The first-order chi connectivity index (χ1) is 20.6. The minimum Gasteiger partial charge on any atom is -0.381 e. The Labute approximate surface area is 244 Å². The van der Waals surface area contributed by atoms with Crippen LogP contribution in [0.2, 0.25) is 0 Å². The van der Waals surface area contributed by atoms with Crippen LogP contribution in [0.4, 0.5) is 24.5 Å². The van der Waals surface area contributed by atoms with Gasteiger partial charge < -0.3 is 19.9 Å². The Morgan fingerprint density at radius 2 is 1.79 bits per heavy atom. The molecule has 2 aromatic heterocycles. The summed E-state index contributed by atoms with van der Waals surface area (Å²) in [4.78, 5) is 44.2. The third-order valence-electron chi connectivity index (χ3n) is 7.23. The Balaban J connectivity index is 1.63. The highest BCUT2D eigenvalue weighted by molar-refractivity contribution is 6.02. The second-order valence-electron chi connectivity index (χ2n) is 10.00. The monoisotopic (exact) mass is 594 g/mol. The predicted molar refractivity (Wildman–Crippen MR) is 154 cm³/mol. The van der Waals surface area contributed by atoms with Gasteiger partial charge in [-0.25, -0.2) is 0 Å². The molecule has 2 amide bonds. The molecule has 5 rings (SSSR count). The summed E-state index contributed by atoms with van der Waals surface area (Å²) in [7, 11) is 0. The van der Waals surface area contributed by atoms with Crippen molar-refractivity contribution in [3.63, 3.8) is 0 Å². The van der Waals surface area contributed by atoms with Crippen LogP contribution >= 0.6 is 0 Å². The molecule has 1 saturated heterocycles. The van der Waals surface area contributed by atoms with Crippen molar-refractivity contribution in [2.24, 2.45) is 0 Å². The van der Waals surface area contributed by atoms with Crippen molar-refractivity contribution in [1.29, 1.82) is 0 Å². The number of halogens is 3. The molecule has 2 aromatic carbocycles. The molecule has 0 bridgehead atoms. The number of benzene rings is 2. The number of alkyl halides is 3. The molecule has 3 heterocycles.